The van der Waals surface area contributed by atoms with Crippen molar-refractivity contribution in [2.45, 2.75) is 39.2 Å². The van der Waals surface area contributed by atoms with Gasteiger partial charge in [0, 0.05) is 11.8 Å². The molecule has 1 heterocycles. The first kappa shape index (κ1) is 18.7. The van der Waals surface area contributed by atoms with Gasteiger partial charge in [-0.15, -0.1) is 0 Å². The number of unbranched alkanes of at least 4 members (excludes halogenated alkanes) is 2. The van der Waals surface area contributed by atoms with Crippen LogP contribution in [0.3, 0.4) is 0 Å². The lowest BCUT2D eigenvalue weighted by molar-refractivity contribution is 0.646. The van der Waals surface area contributed by atoms with Crippen LogP contribution in [0.15, 0.2) is 71.5 Å². The summed E-state index contributed by atoms with van der Waals surface area (Å²) in [6, 6.07) is 23.5. The van der Waals surface area contributed by atoms with Crippen molar-refractivity contribution in [2.75, 3.05) is 0 Å². The highest BCUT2D eigenvalue weighted by Crippen LogP contribution is 2.23. The zero-order chi connectivity index (χ0) is 19.1. The molecule has 0 radical (unpaired) electrons. The lowest BCUT2D eigenvalue weighted by atomic mass is 9.99. The molecular weight excluding hydrogens is 332 g/mol. The normalized spacial score (nSPS) is 10.5. The van der Waals surface area contributed by atoms with Gasteiger partial charge in [-0.05, 0) is 41.7 Å². The average Bonchev–Trinajstić information content (AvgIpc) is 2.71. The van der Waals surface area contributed by atoms with Crippen molar-refractivity contribution in [1.29, 1.82) is 5.26 Å². The summed E-state index contributed by atoms with van der Waals surface area (Å²) in [5, 5.41) is 9.29. The second-order valence-electron chi connectivity index (χ2n) is 6.75. The van der Waals surface area contributed by atoms with E-state index in [-0.39, 0.29) is 5.56 Å². The molecule has 3 heteroatoms. The molecule has 2 aromatic carbocycles. The van der Waals surface area contributed by atoms with Gasteiger partial charge >= 0.3 is 0 Å². The Kier molecular flexibility index (Phi) is 6.22. The SMILES string of the molecule is CCCCCc1cccc(=O)n1Cc1ccc(-c2ccccc2C#N)cc1. The zero-order valence-electron chi connectivity index (χ0n) is 15.7. The quantitative estimate of drug-likeness (QED) is 0.548. The molecule has 3 nitrogen and oxygen atoms in total. The molecule has 0 aliphatic rings. The summed E-state index contributed by atoms with van der Waals surface area (Å²) in [6.07, 6.45) is 4.38. The van der Waals surface area contributed by atoms with Crippen LogP contribution in [-0.2, 0) is 13.0 Å². The number of rotatable bonds is 7. The van der Waals surface area contributed by atoms with Crippen LogP contribution in [0.5, 0.6) is 0 Å². The second kappa shape index (κ2) is 9.00. The maximum absolute atomic E-state index is 12.4. The predicted octanol–water partition coefficient (Wildman–Crippen LogP) is 5.17. The van der Waals surface area contributed by atoms with Gasteiger partial charge in [-0.25, -0.2) is 0 Å². The topological polar surface area (TPSA) is 45.8 Å². The van der Waals surface area contributed by atoms with Gasteiger partial charge in [0.25, 0.3) is 5.56 Å². The smallest absolute Gasteiger partial charge is 0.251 e. The Bertz CT molecular complexity index is 994. The van der Waals surface area contributed by atoms with E-state index >= 15 is 0 Å². The molecule has 0 bridgehead atoms. The molecule has 0 unspecified atom stereocenters. The number of aryl methyl sites for hydroxylation is 1. The first-order valence-corrected chi connectivity index (χ1v) is 9.50. The third-order valence-electron chi connectivity index (χ3n) is 4.83. The van der Waals surface area contributed by atoms with Crippen LogP contribution >= 0.6 is 0 Å². The summed E-state index contributed by atoms with van der Waals surface area (Å²) in [4.78, 5) is 12.4. The molecule has 3 rings (SSSR count). The van der Waals surface area contributed by atoms with Crippen molar-refractivity contribution in [3.05, 3.63) is 93.9 Å². The number of benzene rings is 2. The monoisotopic (exact) mass is 356 g/mol. The van der Waals surface area contributed by atoms with E-state index in [9.17, 15) is 10.1 Å². The van der Waals surface area contributed by atoms with Gasteiger partial charge < -0.3 is 4.57 Å². The third kappa shape index (κ3) is 4.54. The Morgan fingerprint density at radius 1 is 0.926 bits per heavy atom. The molecule has 0 saturated carbocycles. The van der Waals surface area contributed by atoms with E-state index in [0.717, 1.165) is 35.2 Å². The van der Waals surface area contributed by atoms with E-state index < -0.39 is 0 Å². The predicted molar refractivity (Wildman–Crippen MR) is 110 cm³/mol. The average molecular weight is 356 g/mol. The van der Waals surface area contributed by atoms with Crippen LogP contribution in [0.2, 0.25) is 0 Å². The van der Waals surface area contributed by atoms with Crippen LogP contribution in [-0.4, -0.2) is 4.57 Å². The molecule has 0 aliphatic heterocycles. The van der Waals surface area contributed by atoms with Gasteiger partial charge in [0.15, 0.2) is 0 Å². The first-order valence-electron chi connectivity index (χ1n) is 9.50. The lowest BCUT2D eigenvalue weighted by Crippen LogP contribution is -2.23. The third-order valence-corrected chi connectivity index (χ3v) is 4.83. The van der Waals surface area contributed by atoms with E-state index in [2.05, 4.69) is 19.1 Å². The largest absolute Gasteiger partial charge is 0.308 e. The number of hydrogen-bond donors (Lipinski definition) is 0. The number of nitrogens with zero attached hydrogens (tertiary/aromatic N) is 2. The Balaban J connectivity index is 1.83. The van der Waals surface area contributed by atoms with Crippen molar-refractivity contribution in [2.24, 2.45) is 0 Å². The molecule has 0 atom stereocenters. The molecule has 0 amide bonds. The first-order chi connectivity index (χ1) is 13.2. The van der Waals surface area contributed by atoms with Gasteiger partial charge in [0.2, 0.25) is 0 Å². The van der Waals surface area contributed by atoms with E-state index in [4.69, 9.17) is 0 Å². The van der Waals surface area contributed by atoms with Crippen molar-refractivity contribution >= 4 is 0 Å². The number of hydrogen-bond acceptors (Lipinski definition) is 2. The highest BCUT2D eigenvalue weighted by Gasteiger charge is 2.07. The standard InChI is InChI=1S/C24H24N2O/c1-2-3-4-9-22-10-7-12-24(27)26(22)18-19-13-15-20(16-14-19)23-11-6-5-8-21(23)17-25/h5-8,10-16H,2-4,9,18H2,1H3. The van der Waals surface area contributed by atoms with Crippen LogP contribution in [0.4, 0.5) is 0 Å². The van der Waals surface area contributed by atoms with Crippen molar-refractivity contribution in [1.82, 2.24) is 4.57 Å². The summed E-state index contributed by atoms with van der Waals surface area (Å²) in [7, 11) is 0. The Morgan fingerprint density at radius 2 is 1.70 bits per heavy atom. The minimum Gasteiger partial charge on any atom is -0.308 e. The Labute approximate surface area is 160 Å². The summed E-state index contributed by atoms with van der Waals surface area (Å²) in [6.45, 7) is 2.76. The fourth-order valence-electron chi connectivity index (χ4n) is 3.32. The zero-order valence-corrected chi connectivity index (χ0v) is 15.7. The van der Waals surface area contributed by atoms with Gasteiger partial charge in [-0.2, -0.15) is 5.26 Å². The number of pyridine rings is 1. The van der Waals surface area contributed by atoms with Gasteiger partial charge in [0.1, 0.15) is 0 Å². The molecule has 0 saturated heterocycles. The fraction of sp³-hybridized carbons (Fsp3) is 0.250. The number of nitriles is 1. The van der Waals surface area contributed by atoms with E-state index in [1.54, 1.807) is 6.07 Å². The summed E-state index contributed by atoms with van der Waals surface area (Å²) in [5.41, 5.74) is 4.84. The summed E-state index contributed by atoms with van der Waals surface area (Å²) >= 11 is 0. The summed E-state index contributed by atoms with van der Waals surface area (Å²) < 4.78 is 1.87. The molecule has 0 N–H and O–H groups in total. The molecule has 0 fully saturated rings. The van der Waals surface area contributed by atoms with Gasteiger partial charge in [0.05, 0.1) is 18.2 Å². The maximum Gasteiger partial charge on any atom is 0.251 e. The lowest BCUT2D eigenvalue weighted by Gasteiger charge is -2.13. The van der Waals surface area contributed by atoms with E-state index in [0.29, 0.717) is 12.1 Å². The van der Waals surface area contributed by atoms with E-state index in [1.807, 2.05) is 59.2 Å². The van der Waals surface area contributed by atoms with Crippen LogP contribution < -0.4 is 5.56 Å². The van der Waals surface area contributed by atoms with Crippen molar-refractivity contribution < 1.29 is 0 Å². The number of aromatic nitrogens is 1. The minimum absolute atomic E-state index is 0.0444. The minimum atomic E-state index is 0.0444. The van der Waals surface area contributed by atoms with Crippen molar-refractivity contribution in [3.63, 3.8) is 0 Å². The molecule has 0 spiro atoms. The van der Waals surface area contributed by atoms with Crippen molar-refractivity contribution in [3.8, 4) is 17.2 Å². The highest BCUT2D eigenvalue weighted by molar-refractivity contribution is 5.70. The van der Waals surface area contributed by atoms with Gasteiger partial charge in [-0.3, -0.25) is 4.79 Å². The van der Waals surface area contributed by atoms with Crippen LogP contribution in [0.1, 0.15) is 43.0 Å². The molecule has 136 valence electrons. The Morgan fingerprint density at radius 3 is 2.44 bits per heavy atom. The molecular formula is C24H24N2O. The molecule has 27 heavy (non-hydrogen) atoms. The molecule has 0 aliphatic carbocycles. The van der Waals surface area contributed by atoms with Crippen LogP contribution in [0, 0.1) is 11.3 Å². The van der Waals surface area contributed by atoms with Crippen LogP contribution in [0.25, 0.3) is 11.1 Å². The molecule has 3 aromatic rings. The highest BCUT2D eigenvalue weighted by atomic mass is 16.1. The van der Waals surface area contributed by atoms with E-state index in [1.165, 1.54) is 12.8 Å². The second-order valence-corrected chi connectivity index (χ2v) is 6.75. The maximum atomic E-state index is 12.4. The fourth-order valence-corrected chi connectivity index (χ4v) is 3.32. The Hall–Kier alpha value is -3.12. The summed E-state index contributed by atoms with van der Waals surface area (Å²) in [5.74, 6) is 0. The molecule has 1 aromatic heterocycles. The van der Waals surface area contributed by atoms with Gasteiger partial charge in [-0.1, -0.05) is 68.3 Å².